The van der Waals surface area contributed by atoms with Crippen LogP contribution < -0.4 is 5.73 Å². The fourth-order valence-electron chi connectivity index (χ4n) is 1.97. The Hall–Kier alpha value is -0.870. The first-order valence-corrected chi connectivity index (χ1v) is 4.86. The Morgan fingerprint density at radius 3 is 2.47 bits per heavy atom. The first-order valence-electron chi connectivity index (χ1n) is 4.48. The average Bonchev–Trinajstić information content (AvgIpc) is 2.05. The molecule has 0 amide bonds. The summed E-state index contributed by atoms with van der Waals surface area (Å²) >= 11 is 5.72. The highest BCUT2D eigenvalue weighted by atomic mass is 35.5. The number of hydrogen-bond acceptors (Lipinski definition) is 2. The Bertz CT molecular complexity index is 400. The van der Waals surface area contributed by atoms with Gasteiger partial charge in [-0.2, -0.15) is 0 Å². The second kappa shape index (κ2) is 3.06. The van der Waals surface area contributed by atoms with Crippen LogP contribution in [0.15, 0.2) is 18.2 Å². The smallest absolute Gasteiger partial charge is 0.252 e. The Morgan fingerprint density at radius 2 is 1.93 bits per heavy atom. The van der Waals surface area contributed by atoms with Gasteiger partial charge in [-0.15, -0.1) is 0 Å². The zero-order valence-electron chi connectivity index (χ0n) is 7.80. The largest absolute Gasteiger partial charge is 0.508 e. The predicted molar refractivity (Wildman–Crippen MR) is 53.2 cm³/mol. The van der Waals surface area contributed by atoms with E-state index in [0.717, 1.165) is 0 Å². The van der Waals surface area contributed by atoms with E-state index in [-0.39, 0.29) is 5.75 Å². The highest BCUT2D eigenvalue weighted by molar-refractivity contribution is 6.30. The third-order valence-electron chi connectivity index (χ3n) is 2.64. The molecular weight excluding hydrogens is 224 g/mol. The molecule has 5 heteroatoms. The maximum absolute atomic E-state index is 12.8. The van der Waals surface area contributed by atoms with E-state index in [1.54, 1.807) is 0 Å². The van der Waals surface area contributed by atoms with Crippen molar-refractivity contribution in [3.05, 3.63) is 28.8 Å². The third-order valence-corrected chi connectivity index (χ3v) is 2.88. The highest BCUT2D eigenvalue weighted by Crippen LogP contribution is 2.52. The van der Waals surface area contributed by atoms with Crippen LogP contribution in [0.25, 0.3) is 0 Å². The topological polar surface area (TPSA) is 46.2 Å². The maximum atomic E-state index is 12.8. The third kappa shape index (κ3) is 1.79. The lowest BCUT2D eigenvalue weighted by Gasteiger charge is -2.45. The van der Waals surface area contributed by atoms with E-state index in [9.17, 15) is 13.9 Å². The van der Waals surface area contributed by atoms with Crippen LogP contribution in [-0.2, 0) is 5.54 Å². The lowest BCUT2D eigenvalue weighted by molar-refractivity contribution is -0.125. The Labute approximate surface area is 90.7 Å². The molecule has 1 aromatic rings. The molecule has 0 bridgehead atoms. The molecule has 0 aliphatic heterocycles. The van der Waals surface area contributed by atoms with Crippen LogP contribution >= 0.6 is 11.6 Å². The normalized spacial score (nSPS) is 22.1. The van der Waals surface area contributed by atoms with Crippen LogP contribution in [-0.4, -0.2) is 11.0 Å². The Kier molecular flexibility index (Phi) is 2.17. The maximum Gasteiger partial charge on any atom is 0.252 e. The van der Waals surface area contributed by atoms with Gasteiger partial charge in [-0.1, -0.05) is 11.6 Å². The summed E-state index contributed by atoms with van der Waals surface area (Å²) in [6, 6.07) is 4.29. The molecule has 1 aliphatic rings. The van der Waals surface area contributed by atoms with Gasteiger partial charge in [0.05, 0.1) is 5.54 Å². The molecule has 15 heavy (non-hydrogen) atoms. The molecular formula is C10H10ClF2NO. The van der Waals surface area contributed by atoms with E-state index in [1.807, 2.05) is 0 Å². The SMILES string of the molecule is NC1(c2cc(Cl)ccc2O)CC(F)(F)C1. The summed E-state index contributed by atoms with van der Waals surface area (Å²) in [6.07, 6.45) is -0.901. The number of benzene rings is 1. The quantitative estimate of drug-likeness (QED) is 0.783. The number of halogens is 3. The lowest BCUT2D eigenvalue weighted by atomic mass is 9.69. The molecule has 0 radical (unpaired) electrons. The molecule has 1 saturated carbocycles. The van der Waals surface area contributed by atoms with E-state index < -0.39 is 24.3 Å². The van der Waals surface area contributed by atoms with Gasteiger partial charge >= 0.3 is 0 Å². The van der Waals surface area contributed by atoms with Crippen LogP contribution in [0.4, 0.5) is 8.78 Å². The van der Waals surface area contributed by atoms with Crippen molar-refractivity contribution in [2.24, 2.45) is 5.73 Å². The fourth-order valence-corrected chi connectivity index (χ4v) is 2.14. The van der Waals surface area contributed by atoms with Gasteiger partial charge in [0.2, 0.25) is 0 Å². The van der Waals surface area contributed by atoms with E-state index in [1.165, 1.54) is 18.2 Å². The van der Waals surface area contributed by atoms with E-state index in [0.29, 0.717) is 10.6 Å². The van der Waals surface area contributed by atoms with Gasteiger partial charge in [0.15, 0.2) is 0 Å². The van der Waals surface area contributed by atoms with Crippen molar-refractivity contribution in [2.75, 3.05) is 0 Å². The molecule has 82 valence electrons. The van der Waals surface area contributed by atoms with Gasteiger partial charge < -0.3 is 10.8 Å². The van der Waals surface area contributed by atoms with Crippen molar-refractivity contribution in [3.63, 3.8) is 0 Å². The van der Waals surface area contributed by atoms with Crippen molar-refractivity contribution in [1.82, 2.24) is 0 Å². The molecule has 1 aliphatic carbocycles. The van der Waals surface area contributed by atoms with Crippen molar-refractivity contribution in [1.29, 1.82) is 0 Å². The zero-order chi connectivity index (χ0) is 11.3. The minimum Gasteiger partial charge on any atom is -0.508 e. The second-order valence-electron chi connectivity index (χ2n) is 4.03. The Balaban J connectivity index is 2.35. The predicted octanol–water partition coefficient (Wildman–Crippen LogP) is 2.63. The second-order valence-corrected chi connectivity index (χ2v) is 4.46. The van der Waals surface area contributed by atoms with Crippen LogP contribution in [0.2, 0.25) is 5.02 Å². The molecule has 0 atom stereocenters. The van der Waals surface area contributed by atoms with Gasteiger partial charge in [0.25, 0.3) is 5.92 Å². The van der Waals surface area contributed by atoms with E-state index in [4.69, 9.17) is 17.3 Å². The van der Waals surface area contributed by atoms with Crippen molar-refractivity contribution in [3.8, 4) is 5.75 Å². The van der Waals surface area contributed by atoms with E-state index >= 15 is 0 Å². The Morgan fingerprint density at radius 1 is 1.33 bits per heavy atom. The molecule has 2 nitrogen and oxygen atoms in total. The van der Waals surface area contributed by atoms with Crippen molar-refractivity contribution in [2.45, 2.75) is 24.3 Å². The summed E-state index contributed by atoms with van der Waals surface area (Å²) in [5, 5.41) is 9.90. The van der Waals surface area contributed by atoms with Crippen molar-refractivity contribution >= 4 is 11.6 Å². The molecule has 0 spiro atoms. The van der Waals surface area contributed by atoms with Crippen LogP contribution in [0.5, 0.6) is 5.75 Å². The summed E-state index contributed by atoms with van der Waals surface area (Å²) < 4.78 is 25.5. The van der Waals surface area contributed by atoms with Gasteiger partial charge in [-0.25, -0.2) is 8.78 Å². The minimum absolute atomic E-state index is 0.0857. The van der Waals surface area contributed by atoms with Crippen LogP contribution in [0.1, 0.15) is 18.4 Å². The lowest BCUT2D eigenvalue weighted by Crippen LogP contribution is -2.55. The molecule has 3 N–H and O–H groups in total. The first-order chi connectivity index (χ1) is 6.82. The first kappa shape index (κ1) is 10.6. The molecule has 0 aromatic heterocycles. The van der Waals surface area contributed by atoms with Gasteiger partial charge in [-0.3, -0.25) is 0 Å². The van der Waals surface area contributed by atoms with Gasteiger partial charge in [0.1, 0.15) is 5.75 Å². The number of hydrogen-bond donors (Lipinski definition) is 2. The molecule has 0 heterocycles. The number of nitrogens with two attached hydrogens (primary N) is 1. The average molecular weight is 234 g/mol. The summed E-state index contributed by atoms with van der Waals surface area (Å²) in [5.74, 6) is -2.82. The van der Waals surface area contributed by atoms with Gasteiger partial charge in [0, 0.05) is 23.4 Å². The zero-order valence-corrected chi connectivity index (χ0v) is 8.56. The molecule has 1 fully saturated rings. The van der Waals surface area contributed by atoms with Gasteiger partial charge in [-0.05, 0) is 18.2 Å². The fraction of sp³-hybridized carbons (Fsp3) is 0.400. The number of rotatable bonds is 1. The monoisotopic (exact) mass is 233 g/mol. The minimum atomic E-state index is -2.73. The summed E-state index contributed by atoms with van der Waals surface area (Å²) in [5.41, 5.74) is 4.91. The molecule has 0 saturated heterocycles. The van der Waals surface area contributed by atoms with E-state index in [2.05, 4.69) is 0 Å². The number of aromatic hydroxyl groups is 1. The molecule has 2 rings (SSSR count). The number of phenolic OH excluding ortho intramolecular Hbond substituents is 1. The highest BCUT2D eigenvalue weighted by Gasteiger charge is 2.56. The van der Waals surface area contributed by atoms with Crippen LogP contribution in [0, 0.1) is 0 Å². The number of phenols is 1. The number of alkyl halides is 2. The standard InChI is InChI=1S/C10H10ClF2NO/c11-6-1-2-8(15)7(3-6)9(14)4-10(12,13)5-9/h1-3,15H,4-5,14H2. The molecule has 1 aromatic carbocycles. The summed E-state index contributed by atoms with van der Waals surface area (Å²) in [4.78, 5) is 0. The summed E-state index contributed by atoms with van der Waals surface area (Å²) in [6.45, 7) is 0. The van der Waals surface area contributed by atoms with Crippen molar-refractivity contribution < 1.29 is 13.9 Å². The summed E-state index contributed by atoms with van der Waals surface area (Å²) in [7, 11) is 0. The van der Waals surface area contributed by atoms with Crippen LogP contribution in [0.3, 0.4) is 0 Å². The molecule has 0 unspecified atom stereocenters.